The molecule has 0 aromatic rings. The van der Waals surface area contributed by atoms with Crippen molar-refractivity contribution in [3.8, 4) is 0 Å². The quantitative estimate of drug-likeness (QED) is 0.663. The average Bonchev–Trinajstić information content (AvgIpc) is 2.16. The number of piperidine rings is 1. The molecule has 0 bridgehead atoms. The van der Waals surface area contributed by atoms with Gasteiger partial charge in [-0.2, -0.15) is 0 Å². The van der Waals surface area contributed by atoms with Crippen LogP contribution in [0.4, 0.5) is 0 Å². The first-order chi connectivity index (χ1) is 6.90. The van der Waals surface area contributed by atoms with Crippen molar-refractivity contribution in [2.24, 2.45) is 0 Å². The van der Waals surface area contributed by atoms with Gasteiger partial charge in [-0.05, 0) is 47.2 Å². The van der Waals surface area contributed by atoms with Crippen molar-refractivity contribution in [1.82, 2.24) is 10.6 Å². The molecule has 1 rings (SSSR count). The number of likely N-dealkylation sites (N-methyl/N-ethyl adjacent to an activating group) is 1. The van der Waals surface area contributed by atoms with Crippen molar-refractivity contribution in [1.29, 1.82) is 0 Å². The summed E-state index contributed by atoms with van der Waals surface area (Å²) in [6, 6.07) is 0. The van der Waals surface area contributed by atoms with Crippen LogP contribution in [0.2, 0.25) is 0 Å². The summed E-state index contributed by atoms with van der Waals surface area (Å²) in [7, 11) is 1.82. The Morgan fingerprint density at radius 2 is 2.13 bits per heavy atom. The highest BCUT2D eigenvalue weighted by molar-refractivity contribution is 5.81. The summed E-state index contributed by atoms with van der Waals surface area (Å²) in [6.07, 6.45) is 1.84. The summed E-state index contributed by atoms with van der Waals surface area (Å²) >= 11 is 0. The fraction of sp³-hybridized carbons (Fsp3) is 0.909. The minimum atomic E-state index is -0.536. The largest absolute Gasteiger partial charge is 0.459 e. The lowest BCUT2D eigenvalue weighted by molar-refractivity contribution is -0.163. The number of carbonyl (C=O) groups excluding carboxylic acids is 1. The maximum Gasteiger partial charge on any atom is 0.328 e. The van der Waals surface area contributed by atoms with E-state index >= 15 is 0 Å². The van der Waals surface area contributed by atoms with Gasteiger partial charge < -0.3 is 15.4 Å². The Bertz CT molecular complexity index is 227. The molecule has 1 aliphatic heterocycles. The molecule has 1 atom stereocenters. The molecule has 0 radical (unpaired) electrons. The minimum absolute atomic E-state index is 0.148. The van der Waals surface area contributed by atoms with Crippen molar-refractivity contribution in [2.45, 2.75) is 44.8 Å². The monoisotopic (exact) mass is 214 g/mol. The molecule has 4 nitrogen and oxygen atoms in total. The van der Waals surface area contributed by atoms with E-state index in [1.54, 1.807) is 0 Å². The van der Waals surface area contributed by atoms with Gasteiger partial charge in [-0.3, -0.25) is 0 Å². The number of carbonyl (C=O) groups is 1. The van der Waals surface area contributed by atoms with E-state index in [0.29, 0.717) is 6.54 Å². The number of rotatable bonds is 2. The van der Waals surface area contributed by atoms with E-state index < -0.39 is 11.1 Å². The topological polar surface area (TPSA) is 50.4 Å². The molecule has 15 heavy (non-hydrogen) atoms. The Balaban J connectivity index is 2.68. The molecule has 88 valence electrons. The second-order valence-corrected chi connectivity index (χ2v) is 5.11. The van der Waals surface area contributed by atoms with Crippen LogP contribution in [0.1, 0.15) is 33.6 Å². The fourth-order valence-electron chi connectivity index (χ4n) is 1.77. The van der Waals surface area contributed by atoms with Crippen molar-refractivity contribution in [2.75, 3.05) is 20.1 Å². The van der Waals surface area contributed by atoms with E-state index in [4.69, 9.17) is 4.74 Å². The smallest absolute Gasteiger partial charge is 0.328 e. The molecule has 0 aromatic carbocycles. The summed E-state index contributed by atoms with van der Waals surface area (Å²) in [4.78, 5) is 12.0. The molecule has 1 aliphatic rings. The van der Waals surface area contributed by atoms with Crippen molar-refractivity contribution in [3.63, 3.8) is 0 Å². The highest BCUT2D eigenvalue weighted by atomic mass is 16.6. The summed E-state index contributed by atoms with van der Waals surface area (Å²) < 4.78 is 5.43. The van der Waals surface area contributed by atoms with E-state index in [1.807, 2.05) is 27.8 Å². The van der Waals surface area contributed by atoms with Gasteiger partial charge >= 0.3 is 5.97 Å². The van der Waals surface area contributed by atoms with Crippen LogP contribution in [0.25, 0.3) is 0 Å². The highest BCUT2D eigenvalue weighted by Gasteiger charge is 2.41. The zero-order valence-electron chi connectivity index (χ0n) is 10.1. The predicted molar refractivity (Wildman–Crippen MR) is 59.7 cm³/mol. The van der Waals surface area contributed by atoms with Crippen molar-refractivity contribution >= 4 is 5.97 Å². The maximum atomic E-state index is 12.0. The van der Waals surface area contributed by atoms with E-state index in [2.05, 4.69) is 10.6 Å². The van der Waals surface area contributed by atoms with E-state index in [9.17, 15) is 4.79 Å². The second kappa shape index (κ2) is 4.49. The van der Waals surface area contributed by atoms with E-state index in [0.717, 1.165) is 19.4 Å². The molecule has 0 amide bonds. The van der Waals surface area contributed by atoms with Crippen LogP contribution in [-0.4, -0.2) is 37.2 Å². The van der Waals surface area contributed by atoms with Gasteiger partial charge in [0.2, 0.25) is 0 Å². The number of hydrogen-bond donors (Lipinski definition) is 2. The van der Waals surface area contributed by atoms with Gasteiger partial charge in [-0.15, -0.1) is 0 Å². The third-order valence-corrected chi connectivity index (χ3v) is 2.65. The standard InChI is InChI=1S/C11H22N2O2/c1-10(2,3)15-9(14)11(12-4)6-5-7-13-8-11/h12-13H,5-8H2,1-4H3/t11-/m0/s1. The third kappa shape index (κ3) is 3.18. The lowest BCUT2D eigenvalue weighted by Crippen LogP contribution is -2.61. The molecule has 0 aromatic heterocycles. The van der Waals surface area contributed by atoms with Crippen LogP contribution in [0, 0.1) is 0 Å². The zero-order valence-corrected chi connectivity index (χ0v) is 10.1. The Kier molecular flexibility index (Phi) is 3.73. The Labute approximate surface area is 91.8 Å². The molecule has 0 spiro atoms. The molecule has 0 unspecified atom stereocenters. The lowest BCUT2D eigenvalue weighted by Gasteiger charge is -2.37. The van der Waals surface area contributed by atoms with Gasteiger partial charge in [0.15, 0.2) is 0 Å². The van der Waals surface area contributed by atoms with Crippen LogP contribution in [0.15, 0.2) is 0 Å². The SMILES string of the molecule is CN[C@@]1(C(=O)OC(C)(C)C)CCCNC1. The molecule has 1 fully saturated rings. The molecule has 0 saturated carbocycles. The number of hydrogen-bond acceptors (Lipinski definition) is 4. The van der Waals surface area contributed by atoms with Crippen LogP contribution in [0.5, 0.6) is 0 Å². The number of ether oxygens (including phenoxy) is 1. The molecule has 4 heteroatoms. The summed E-state index contributed by atoms with van der Waals surface area (Å²) in [6.45, 7) is 7.31. The molecule has 0 aliphatic carbocycles. The maximum absolute atomic E-state index is 12.0. The normalized spacial score (nSPS) is 27.5. The average molecular weight is 214 g/mol. The van der Waals surface area contributed by atoms with Crippen molar-refractivity contribution in [3.05, 3.63) is 0 Å². The number of nitrogens with one attached hydrogen (secondary N) is 2. The summed E-state index contributed by atoms with van der Waals surface area (Å²) in [5.74, 6) is -0.148. The van der Waals surface area contributed by atoms with E-state index in [1.165, 1.54) is 0 Å². The Morgan fingerprint density at radius 3 is 2.53 bits per heavy atom. The van der Waals surface area contributed by atoms with Gasteiger partial charge in [0.25, 0.3) is 0 Å². The molecule has 1 saturated heterocycles. The fourth-order valence-corrected chi connectivity index (χ4v) is 1.77. The first kappa shape index (κ1) is 12.5. The lowest BCUT2D eigenvalue weighted by atomic mass is 9.90. The molecule has 2 N–H and O–H groups in total. The van der Waals surface area contributed by atoms with Gasteiger partial charge in [0.1, 0.15) is 11.1 Å². The van der Waals surface area contributed by atoms with Gasteiger partial charge in [0.05, 0.1) is 0 Å². The predicted octanol–water partition coefficient (Wildman–Crippen LogP) is 0.670. The van der Waals surface area contributed by atoms with Crippen LogP contribution >= 0.6 is 0 Å². The first-order valence-electron chi connectivity index (χ1n) is 5.53. The first-order valence-corrected chi connectivity index (χ1v) is 5.53. The summed E-state index contributed by atoms with van der Waals surface area (Å²) in [5, 5.41) is 6.33. The molecule has 1 heterocycles. The van der Waals surface area contributed by atoms with Gasteiger partial charge in [0, 0.05) is 6.54 Å². The summed E-state index contributed by atoms with van der Waals surface area (Å²) in [5.41, 5.74) is -0.954. The van der Waals surface area contributed by atoms with Gasteiger partial charge in [-0.1, -0.05) is 0 Å². The molecular formula is C11H22N2O2. The third-order valence-electron chi connectivity index (χ3n) is 2.65. The Hall–Kier alpha value is -0.610. The highest BCUT2D eigenvalue weighted by Crippen LogP contribution is 2.20. The molecular weight excluding hydrogens is 192 g/mol. The second-order valence-electron chi connectivity index (χ2n) is 5.11. The van der Waals surface area contributed by atoms with Crippen molar-refractivity contribution < 1.29 is 9.53 Å². The van der Waals surface area contributed by atoms with Crippen LogP contribution < -0.4 is 10.6 Å². The minimum Gasteiger partial charge on any atom is -0.459 e. The Morgan fingerprint density at radius 1 is 1.47 bits per heavy atom. The van der Waals surface area contributed by atoms with Crippen LogP contribution in [-0.2, 0) is 9.53 Å². The van der Waals surface area contributed by atoms with E-state index in [-0.39, 0.29) is 5.97 Å². The zero-order chi connectivity index (χ0) is 11.5. The number of esters is 1. The van der Waals surface area contributed by atoms with Crippen LogP contribution in [0.3, 0.4) is 0 Å². The van der Waals surface area contributed by atoms with Gasteiger partial charge in [-0.25, -0.2) is 4.79 Å².